The monoisotopic (exact) mass is 326 g/mol. The summed E-state index contributed by atoms with van der Waals surface area (Å²) in [6, 6.07) is 3.07. The molecule has 0 bridgehead atoms. The maximum absolute atomic E-state index is 11.9. The first-order chi connectivity index (χ1) is 9.86. The van der Waals surface area contributed by atoms with Crippen molar-refractivity contribution in [3.8, 4) is 0 Å². The van der Waals surface area contributed by atoms with E-state index < -0.39 is 5.97 Å². The Kier molecular flexibility index (Phi) is 4.74. The number of nitrogens with one attached hydrogen (secondary N) is 1. The zero-order chi connectivity index (χ0) is 15.6. The van der Waals surface area contributed by atoms with Crippen LogP contribution in [0, 0.1) is 6.92 Å². The van der Waals surface area contributed by atoms with Gasteiger partial charge in [0.2, 0.25) is 5.16 Å². The third kappa shape index (κ3) is 3.89. The molecule has 8 heteroatoms. The summed E-state index contributed by atoms with van der Waals surface area (Å²) in [5.41, 5.74) is 6.67. The number of nitrogens with two attached hydrogens (primary N) is 1. The lowest BCUT2D eigenvalue weighted by atomic mass is 10.2. The molecule has 0 saturated heterocycles. The standard InChI is InChI=1S/C13H15ClN4O2S/c1-6(2)20-12(19)8-4-9(14)11(10(15)5-8)21-13-16-7(3)17-18-13/h4-6H,15H2,1-3H3,(H,16,17,18). The van der Waals surface area contributed by atoms with Crippen molar-refractivity contribution >= 4 is 35.0 Å². The SMILES string of the molecule is Cc1nc(Sc2c(N)cc(C(=O)OC(C)C)cc2Cl)n[nH]1. The Morgan fingerprint density at radius 2 is 2.19 bits per heavy atom. The summed E-state index contributed by atoms with van der Waals surface area (Å²) in [4.78, 5) is 16.6. The zero-order valence-corrected chi connectivity index (χ0v) is 13.4. The van der Waals surface area contributed by atoms with E-state index >= 15 is 0 Å². The second kappa shape index (κ2) is 6.36. The summed E-state index contributed by atoms with van der Waals surface area (Å²) < 4.78 is 5.12. The van der Waals surface area contributed by atoms with Gasteiger partial charge < -0.3 is 10.5 Å². The van der Waals surface area contributed by atoms with Gasteiger partial charge in [-0.2, -0.15) is 0 Å². The molecule has 1 aromatic heterocycles. The molecule has 0 spiro atoms. The minimum absolute atomic E-state index is 0.206. The van der Waals surface area contributed by atoms with Gasteiger partial charge >= 0.3 is 5.97 Å². The van der Waals surface area contributed by atoms with Gasteiger partial charge in [-0.1, -0.05) is 11.6 Å². The summed E-state index contributed by atoms with van der Waals surface area (Å²) >= 11 is 7.43. The van der Waals surface area contributed by atoms with Crippen LogP contribution in [0.15, 0.2) is 22.2 Å². The number of hydrogen-bond acceptors (Lipinski definition) is 6. The van der Waals surface area contributed by atoms with Crippen LogP contribution in [0.25, 0.3) is 0 Å². The predicted octanol–water partition coefficient (Wildman–Crippen LogP) is 3.07. The Bertz CT molecular complexity index is 649. The van der Waals surface area contributed by atoms with Crippen molar-refractivity contribution in [2.24, 2.45) is 0 Å². The molecule has 6 nitrogen and oxygen atoms in total. The van der Waals surface area contributed by atoms with E-state index in [1.807, 2.05) is 0 Å². The zero-order valence-electron chi connectivity index (χ0n) is 11.8. The number of nitrogens with zero attached hydrogens (tertiary/aromatic N) is 2. The van der Waals surface area contributed by atoms with E-state index in [1.165, 1.54) is 17.8 Å². The van der Waals surface area contributed by atoms with Gasteiger partial charge in [0.15, 0.2) is 0 Å². The number of esters is 1. The molecule has 0 amide bonds. The van der Waals surface area contributed by atoms with Crippen molar-refractivity contribution in [3.05, 3.63) is 28.5 Å². The lowest BCUT2D eigenvalue weighted by Crippen LogP contribution is -2.12. The molecule has 2 aromatic rings. The Morgan fingerprint density at radius 3 is 2.71 bits per heavy atom. The first-order valence-electron chi connectivity index (χ1n) is 6.23. The van der Waals surface area contributed by atoms with E-state index in [4.69, 9.17) is 22.1 Å². The molecule has 112 valence electrons. The van der Waals surface area contributed by atoms with E-state index in [0.717, 1.165) is 0 Å². The molecular weight excluding hydrogens is 312 g/mol. The van der Waals surface area contributed by atoms with Gasteiger partial charge in [-0.05, 0) is 44.7 Å². The molecule has 0 atom stereocenters. The van der Waals surface area contributed by atoms with Gasteiger partial charge in [0.25, 0.3) is 0 Å². The smallest absolute Gasteiger partial charge is 0.338 e. The fourth-order valence-corrected chi connectivity index (χ4v) is 2.71. The van der Waals surface area contributed by atoms with Crippen LogP contribution < -0.4 is 5.73 Å². The van der Waals surface area contributed by atoms with Crippen molar-refractivity contribution in [2.75, 3.05) is 5.73 Å². The third-order valence-corrected chi connectivity index (χ3v) is 3.86. The summed E-state index contributed by atoms with van der Waals surface area (Å²) in [6.07, 6.45) is -0.206. The number of anilines is 1. The minimum atomic E-state index is -0.455. The Labute approximate surface area is 131 Å². The molecule has 0 radical (unpaired) electrons. The summed E-state index contributed by atoms with van der Waals surface area (Å²) in [6.45, 7) is 5.35. The van der Waals surface area contributed by atoms with Crippen LogP contribution in [0.2, 0.25) is 5.02 Å². The predicted molar refractivity (Wildman–Crippen MR) is 81.7 cm³/mol. The Morgan fingerprint density at radius 1 is 1.48 bits per heavy atom. The van der Waals surface area contributed by atoms with Crippen LogP contribution in [-0.4, -0.2) is 27.3 Å². The molecule has 3 N–H and O–H groups in total. The number of aryl methyl sites for hydroxylation is 1. The molecule has 1 aromatic carbocycles. The van der Waals surface area contributed by atoms with Crippen LogP contribution in [0.3, 0.4) is 0 Å². The molecule has 0 saturated carbocycles. The van der Waals surface area contributed by atoms with E-state index in [0.29, 0.717) is 32.1 Å². The molecular formula is C13H15ClN4O2S. The number of nitrogen functional groups attached to an aromatic ring is 1. The van der Waals surface area contributed by atoms with E-state index in [2.05, 4.69) is 15.2 Å². The molecule has 0 fully saturated rings. The fraction of sp³-hybridized carbons (Fsp3) is 0.308. The number of rotatable bonds is 4. The van der Waals surface area contributed by atoms with E-state index in [-0.39, 0.29) is 6.10 Å². The lowest BCUT2D eigenvalue weighted by Gasteiger charge is -2.11. The van der Waals surface area contributed by atoms with E-state index in [9.17, 15) is 4.79 Å². The first kappa shape index (κ1) is 15.7. The lowest BCUT2D eigenvalue weighted by molar-refractivity contribution is 0.0378. The Hall–Kier alpha value is -1.73. The Balaban J connectivity index is 2.27. The number of aromatic nitrogens is 3. The van der Waals surface area contributed by atoms with Gasteiger partial charge in [0.05, 0.1) is 21.6 Å². The molecule has 0 unspecified atom stereocenters. The number of carbonyl (C=O) groups excluding carboxylic acids is 1. The minimum Gasteiger partial charge on any atom is -0.459 e. The first-order valence-corrected chi connectivity index (χ1v) is 7.43. The fourth-order valence-electron chi connectivity index (χ4n) is 1.58. The van der Waals surface area contributed by atoms with Gasteiger partial charge in [-0.15, -0.1) is 5.10 Å². The molecule has 2 rings (SSSR count). The summed E-state index contributed by atoms with van der Waals surface area (Å²) in [7, 11) is 0. The number of hydrogen-bond donors (Lipinski definition) is 2. The van der Waals surface area contributed by atoms with Crippen molar-refractivity contribution in [2.45, 2.75) is 36.9 Å². The average Bonchev–Trinajstić information content (AvgIpc) is 2.78. The topological polar surface area (TPSA) is 93.9 Å². The third-order valence-electron chi connectivity index (χ3n) is 2.42. The molecule has 0 aliphatic rings. The van der Waals surface area contributed by atoms with Crippen molar-refractivity contribution in [1.82, 2.24) is 15.2 Å². The highest BCUT2D eigenvalue weighted by Crippen LogP contribution is 2.37. The summed E-state index contributed by atoms with van der Waals surface area (Å²) in [5, 5.41) is 7.62. The van der Waals surface area contributed by atoms with Crippen LogP contribution >= 0.6 is 23.4 Å². The number of halogens is 1. The van der Waals surface area contributed by atoms with Crippen LogP contribution in [-0.2, 0) is 4.74 Å². The average molecular weight is 327 g/mol. The van der Waals surface area contributed by atoms with Crippen molar-refractivity contribution in [1.29, 1.82) is 0 Å². The number of benzene rings is 1. The molecule has 0 aliphatic heterocycles. The maximum atomic E-state index is 11.9. The van der Waals surface area contributed by atoms with Gasteiger partial charge in [0.1, 0.15) is 5.82 Å². The highest BCUT2D eigenvalue weighted by atomic mass is 35.5. The molecule has 1 heterocycles. The van der Waals surface area contributed by atoms with Crippen molar-refractivity contribution in [3.63, 3.8) is 0 Å². The highest BCUT2D eigenvalue weighted by molar-refractivity contribution is 7.99. The maximum Gasteiger partial charge on any atom is 0.338 e. The van der Waals surface area contributed by atoms with E-state index in [1.54, 1.807) is 26.8 Å². The quantitative estimate of drug-likeness (QED) is 0.662. The van der Waals surface area contributed by atoms with Gasteiger partial charge in [-0.3, -0.25) is 5.10 Å². The summed E-state index contributed by atoms with van der Waals surface area (Å²) in [5.74, 6) is 0.244. The van der Waals surface area contributed by atoms with Gasteiger partial charge in [0, 0.05) is 5.69 Å². The molecule has 21 heavy (non-hydrogen) atoms. The van der Waals surface area contributed by atoms with Crippen LogP contribution in [0.1, 0.15) is 30.0 Å². The van der Waals surface area contributed by atoms with Crippen LogP contribution in [0.4, 0.5) is 5.69 Å². The number of ether oxygens (including phenoxy) is 1. The van der Waals surface area contributed by atoms with Gasteiger partial charge in [-0.25, -0.2) is 9.78 Å². The number of aromatic amines is 1. The second-order valence-corrected chi connectivity index (χ2v) is 6.02. The largest absolute Gasteiger partial charge is 0.459 e. The normalized spacial score (nSPS) is 10.9. The number of carbonyl (C=O) groups is 1. The van der Waals surface area contributed by atoms with Crippen molar-refractivity contribution < 1.29 is 9.53 Å². The molecule has 0 aliphatic carbocycles. The number of H-pyrrole nitrogens is 1. The van der Waals surface area contributed by atoms with Crippen LogP contribution in [0.5, 0.6) is 0 Å². The second-order valence-electron chi connectivity index (χ2n) is 4.64. The highest BCUT2D eigenvalue weighted by Gasteiger charge is 2.16.